The second-order valence-electron chi connectivity index (χ2n) is 4.14. The van der Waals surface area contributed by atoms with Crippen molar-refractivity contribution in [1.29, 1.82) is 0 Å². The van der Waals surface area contributed by atoms with Crippen LogP contribution in [-0.4, -0.2) is 29.0 Å². The zero-order valence-corrected chi connectivity index (χ0v) is 10.7. The van der Waals surface area contributed by atoms with E-state index in [0.29, 0.717) is 0 Å². The minimum atomic E-state index is 0.721. The van der Waals surface area contributed by atoms with Gasteiger partial charge in [0.2, 0.25) is 5.95 Å². The van der Waals surface area contributed by atoms with Gasteiger partial charge in [-0.1, -0.05) is 6.07 Å². The third-order valence-electron chi connectivity index (χ3n) is 2.56. The number of aromatic nitrogens is 3. The molecule has 2 aromatic rings. The highest BCUT2D eigenvalue weighted by Crippen LogP contribution is 2.09. The molecule has 0 aliphatic carbocycles. The summed E-state index contributed by atoms with van der Waals surface area (Å²) in [5.74, 6) is 0.721. The van der Waals surface area contributed by atoms with Crippen LogP contribution in [0, 0.1) is 0 Å². The van der Waals surface area contributed by atoms with Crippen LogP contribution < -0.4 is 10.2 Å². The smallest absolute Gasteiger partial charge is 0.225 e. The number of nitrogens with one attached hydrogen (secondary N) is 1. The number of anilines is 1. The maximum absolute atomic E-state index is 4.35. The van der Waals surface area contributed by atoms with Crippen molar-refractivity contribution < 1.29 is 0 Å². The average molecular weight is 243 g/mol. The fourth-order valence-corrected chi connectivity index (χ4v) is 1.68. The molecule has 18 heavy (non-hydrogen) atoms. The Morgan fingerprint density at radius 3 is 2.56 bits per heavy atom. The normalized spacial score (nSPS) is 10.3. The van der Waals surface area contributed by atoms with Gasteiger partial charge in [-0.3, -0.25) is 4.98 Å². The van der Waals surface area contributed by atoms with E-state index in [-0.39, 0.29) is 0 Å². The molecule has 2 aromatic heterocycles. The van der Waals surface area contributed by atoms with Crippen LogP contribution in [0.2, 0.25) is 0 Å². The second kappa shape index (κ2) is 6.07. The van der Waals surface area contributed by atoms with Crippen molar-refractivity contribution in [2.24, 2.45) is 0 Å². The minimum Gasteiger partial charge on any atom is -0.340 e. The van der Waals surface area contributed by atoms with Gasteiger partial charge in [0.15, 0.2) is 0 Å². The summed E-state index contributed by atoms with van der Waals surface area (Å²) in [5, 5.41) is 3.07. The standard InChI is InChI=1S/C13H17N5/c1-14-6-12-8-16-13(17-9-12)18(2)10-11-4-3-5-15-7-11/h3-5,7-9,14H,6,10H2,1-2H3. The Morgan fingerprint density at radius 2 is 1.94 bits per heavy atom. The van der Waals surface area contributed by atoms with Crippen LogP contribution in [0.4, 0.5) is 5.95 Å². The summed E-state index contributed by atoms with van der Waals surface area (Å²) in [7, 11) is 3.88. The van der Waals surface area contributed by atoms with Crippen LogP contribution in [0.15, 0.2) is 36.9 Å². The summed E-state index contributed by atoms with van der Waals surface area (Å²) in [6.07, 6.45) is 7.32. The molecule has 0 spiro atoms. The zero-order chi connectivity index (χ0) is 12.8. The summed E-state index contributed by atoms with van der Waals surface area (Å²) < 4.78 is 0. The summed E-state index contributed by atoms with van der Waals surface area (Å²) >= 11 is 0. The van der Waals surface area contributed by atoms with Gasteiger partial charge in [0.05, 0.1) is 0 Å². The van der Waals surface area contributed by atoms with Gasteiger partial charge in [0, 0.05) is 50.5 Å². The van der Waals surface area contributed by atoms with Crippen molar-refractivity contribution in [3.63, 3.8) is 0 Å². The van der Waals surface area contributed by atoms with Gasteiger partial charge in [0.1, 0.15) is 0 Å². The van der Waals surface area contributed by atoms with Gasteiger partial charge < -0.3 is 10.2 Å². The van der Waals surface area contributed by atoms with E-state index < -0.39 is 0 Å². The first-order valence-electron chi connectivity index (χ1n) is 5.85. The molecule has 0 bridgehead atoms. The molecule has 5 heteroatoms. The lowest BCUT2D eigenvalue weighted by molar-refractivity contribution is 0.796. The first-order chi connectivity index (χ1) is 8.79. The van der Waals surface area contributed by atoms with E-state index in [4.69, 9.17) is 0 Å². The fraction of sp³-hybridized carbons (Fsp3) is 0.308. The maximum atomic E-state index is 4.35. The number of hydrogen-bond acceptors (Lipinski definition) is 5. The molecule has 0 saturated carbocycles. The Balaban J connectivity index is 2.02. The van der Waals surface area contributed by atoms with Gasteiger partial charge in [-0.2, -0.15) is 0 Å². The lowest BCUT2D eigenvalue weighted by Crippen LogP contribution is -2.19. The SMILES string of the molecule is CNCc1cnc(N(C)Cc2cccnc2)nc1. The molecule has 1 N–H and O–H groups in total. The van der Waals surface area contributed by atoms with E-state index >= 15 is 0 Å². The van der Waals surface area contributed by atoms with Crippen molar-refractivity contribution in [2.75, 3.05) is 19.0 Å². The zero-order valence-electron chi connectivity index (χ0n) is 10.7. The Bertz CT molecular complexity index is 469. The van der Waals surface area contributed by atoms with Crippen molar-refractivity contribution in [3.05, 3.63) is 48.0 Å². The predicted molar refractivity (Wildman–Crippen MR) is 71.1 cm³/mol. The highest BCUT2D eigenvalue weighted by Gasteiger charge is 2.05. The Labute approximate surface area is 107 Å². The topological polar surface area (TPSA) is 53.9 Å². The summed E-state index contributed by atoms with van der Waals surface area (Å²) in [5.41, 5.74) is 2.22. The molecule has 0 fully saturated rings. The summed E-state index contributed by atoms with van der Waals surface area (Å²) in [6, 6.07) is 3.97. The third-order valence-corrected chi connectivity index (χ3v) is 2.56. The van der Waals surface area contributed by atoms with Crippen LogP contribution in [-0.2, 0) is 13.1 Å². The lowest BCUT2D eigenvalue weighted by Gasteiger charge is -2.16. The van der Waals surface area contributed by atoms with Crippen molar-refractivity contribution in [2.45, 2.75) is 13.1 Å². The largest absolute Gasteiger partial charge is 0.340 e. The molecule has 0 unspecified atom stereocenters. The molecule has 0 atom stereocenters. The van der Waals surface area contributed by atoms with Crippen molar-refractivity contribution >= 4 is 5.95 Å². The Morgan fingerprint density at radius 1 is 1.17 bits per heavy atom. The molecule has 0 aromatic carbocycles. The molecule has 0 aliphatic heterocycles. The van der Waals surface area contributed by atoms with Gasteiger partial charge in [-0.05, 0) is 18.7 Å². The minimum absolute atomic E-state index is 0.721. The fourth-order valence-electron chi connectivity index (χ4n) is 1.68. The van der Waals surface area contributed by atoms with E-state index in [1.54, 1.807) is 6.20 Å². The highest BCUT2D eigenvalue weighted by atomic mass is 15.2. The summed E-state index contributed by atoms with van der Waals surface area (Å²) in [6.45, 7) is 1.53. The third kappa shape index (κ3) is 3.24. The molecular weight excluding hydrogens is 226 g/mol. The quantitative estimate of drug-likeness (QED) is 0.856. The van der Waals surface area contributed by atoms with E-state index in [2.05, 4.69) is 20.3 Å². The Hall–Kier alpha value is -2.01. The molecule has 0 aliphatic rings. The van der Waals surface area contributed by atoms with Gasteiger partial charge >= 0.3 is 0 Å². The van der Waals surface area contributed by atoms with Crippen LogP contribution in [0.3, 0.4) is 0 Å². The van der Waals surface area contributed by atoms with Gasteiger partial charge in [-0.15, -0.1) is 0 Å². The van der Waals surface area contributed by atoms with Crippen LogP contribution in [0.5, 0.6) is 0 Å². The average Bonchev–Trinajstić information content (AvgIpc) is 2.41. The number of nitrogens with zero attached hydrogens (tertiary/aromatic N) is 4. The van der Waals surface area contributed by atoms with Gasteiger partial charge in [-0.25, -0.2) is 9.97 Å². The van der Waals surface area contributed by atoms with Crippen molar-refractivity contribution in [1.82, 2.24) is 20.3 Å². The molecule has 0 saturated heterocycles. The number of pyridine rings is 1. The lowest BCUT2D eigenvalue weighted by atomic mass is 10.3. The first kappa shape index (κ1) is 12.4. The van der Waals surface area contributed by atoms with E-state index in [1.807, 2.05) is 49.7 Å². The van der Waals surface area contributed by atoms with Crippen LogP contribution in [0.25, 0.3) is 0 Å². The molecule has 2 heterocycles. The molecule has 0 amide bonds. The van der Waals surface area contributed by atoms with Crippen LogP contribution >= 0.6 is 0 Å². The molecule has 94 valence electrons. The van der Waals surface area contributed by atoms with Crippen molar-refractivity contribution in [3.8, 4) is 0 Å². The van der Waals surface area contributed by atoms with E-state index in [0.717, 1.165) is 30.2 Å². The molecule has 5 nitrogen and oxygen atoms in total. The van der Waals surface area contributed by atoms with Gasteiger partial charge in [0.25, 0.3) is 0 Å². The monoisotopic (exact) mass is 243 g/mol. The summed E-state index contributed by atoms with van der Waals surface area (Å²) in [4.78, 5) is 14.8. The molecule has 0 radical (unpaired) electrons. The first-order valence-corrected chi connectivity index (χ1v) is 5.85. The maximum Gasteiger partial charge on any atom is 0.225 e. The second-order valence-corrected chi connectivity index (χ2v) is 4.14. The number of hydrogen-bond donors (Lipinski definition) is 1. The van der Waals surface area contributed by atoms with E-state index in [1.165, 1.54) is 0 Å². The number of rotatable bonds is 5. The van der Waals surface area contributed by atoms with E-state index in [9.17, 15) is 0 Å². The van der Waals surface area contributed by atoms with Crippen LogP contribution in [0.1, 0.15) is 11.1 Å². The highest BCUT2D eigenvalue weighted by molar-refractivity contribution is 5.30. The molecular formula is C13H17N5. The molecule has 2 rings (SSSR count). The Kier molecular flexibility index (Phi) is 4.20. The predicted octanol–water partition coefficient (Wildman–Crippen LogP) is 1.23.